The van der Waals surface area contributed by atoms with E-state index < -0.39 is 0 Å². The highest BCUT2D eigenvalue weighted by molar-refractivity contribution is 6.19. The average molecular weight is 691 g/mol. The van der Waals surface area contributed by atoms with Gasteiger partial charge in [-0.2, -0.15) is 10.5 Å². The molecule has 0 radical (unpaired) electrons. The third-order valence-electron chi connectivity index (χ3n) is 12.6. The lowest BCUT2D eigenvalue weighted by atomic mass is 9.82. The van der Waals surface area contributed by atoms with Crippen molar-refractivity contribution >= 4 is 43.6 Å². The summed E-state index contributed by atoms with van der Waals surface area (Å²) in [4.78, 5) is 0. The van der Waals surface area contributed by atoms with Crippen molar-refractivity contribution in [2.24, 2.45) is 0 Å². The van der Waals surface area contributed by atoms with Gasteiger partial charge >= 0.3 is 0 Å². The number of benzene rings is 7. The molecule has 0 amide bonds. The van der Waals surface area contributed by atoms with Gasteiger partial charge in [-0.3, -0.25) is 0 Å². The maximum atomic E-state index is 11.3. The van der Waals surface area contributed by atoms with Gasteiger partial charge in [-0.25, -0.2) is 0 Å². The Balaban J connectivity index is 1.27. The third kappa shape index (κ3) is 3.60. The topological polar surface area (TPSA) is 57.4 Å². The largest absolute Gasteiger partial charge is 0.308 e. The maximum absolute atomic E-state index is 11.3. The van der Waals surface area contributed by atoms with Gasteiger partial charge in [0.1, 0.15) is 17.7 Å². The molecule has 0 bridgehead atoms. The summed E-state index contributed by atoms with van der Waals surface area (Å²) in [5.74, 6) is 0. The number of nitrogens with zero attached hydrogens (tertiary/aromatic N) is 4. The minimum absolute atomic E-state index is 0.144. The zero-order valence-electron chi connectivity index (χ0n) is 30.5. The lowest BCUT2D eigenvalue weighted by Crippen LogP contribution is -2.14. The van der Waals surface area contributed by atoms with Crippen LogP contribution in [-0.2, 0) is 10.8 Å². The second-order valence-corrected chi connectivity index (χ2v) is 15.9. The van der Waals surface area contributed by atoms with Crippen molar-refractivity contribution in [3.05, 3.63) is 167 Å². The Bertz CT molecular complexity index is 3240. The Morgan fingerprint density at radius 3 is 1.46 bits per heavy atom. The van der Waals surface area contributed by atoms with E-state index in [1.807, 2.05) is 18.2 Å². The number of hydrogen-bond donors (Lipinski definition) is 0. The fraction of sp³-hybridized carbons (Fsp3) is 0.120. The van der Waals surface area contributed by atoms with Gasteiger partial charge in [-0.1, -0.05) is 125 Å². The SMILES string of the molecule is CC1(C)c2ccccc2-c2c1ccc1c2c2ccccc2n1-c1ccc(C#N)c(-n2c3ccccc3c3c4c(ccc32)C(C)(C)c2ccccc2-4)c1C#N. The smallest absolute Gasteiger partial charge is 0.104 e. The molecule has 0 aliphatic heterocycles. The molecule has 2 heterocycles. The molecule has 254 valence electrons. The molecular formula is C50H34N4. The van der Waals surface area contributed by atoms with E-state index in [2.05, 4.69) is 164 Å². The lowest BCUT2D eigenvalue weighted by molar-refractivity contribution is 0.660. The summed E-state index contributed by atoms with van der Waals surface area (Å²) in [6.45, 7) is 9.22. The Kier molecular flexibility index (Phi) is 5.90. The highest BCUT2D eigenvalue weighted by Gasteiger charge is 2.39. The first-order valence-electron chi connectivity index (χ1n) is 18.6. The van der Waals surface area contributed by atoms with Gasteiger partial charge in [-0.05, 0) is 80.9 Å². The van der Waals surface area contributed by atoms with Crippen LogP contribution in [0.3, 0.4) is 0 Å². The summed E-state index contributed by atoms with van der Waals surface area (Å²) in [6.07, 6.45) is 0. The van der Waals surface area contributed by atoms with Crippen LogP contribution in [0, 0.1) is 22.7 Å². The van der Waals surface area contributed by atoms with Crippen LogP contribution in [0.4, 0.5) is 0 Å². The van der Waals surface area contributed by atoms with Gasteiger partial charge in [-0.15, -0.1) is 0 Å². The second kappa shape index (κ2) is 10.4. The molecule has 2 aliphatic carbocycles. The van der Waals surface area contributed by atoms with E-state index in [0.29, 0.717) is 16.8 Å². The fourth-order valence-electron chi connectivity index (χ4n) is 10.2. The maximum Gasteiger partial charge on any atom is 0.104 e. The van der Waals surface area contributed by atoms with Crippen molar-refractivity contribution in [2.75, 3.05) is 0 Å². The molecule has 0 atom stereocenters. The molecule has 0 saturated carbocycles. The van der Waals surface area contributed by atoms with E-state index in [0.717, 1.165) is 43.9 Å². The van der Waals surface area contributed by atoms with Gasteiger partial charge < -0.3 is 9.13 Å². The highest BCUT2D eigenvalue weighted by Crippen LogP contribution is 2.55. The summed E-state index contributed by atoms with van der Waals surface area (Å²) >= 11 is 0. The molecule has 11 rings (SSSR count). The minimum Gasteiger partial charge on any atom is -0.308 e. The van der Waals surface area contributed by atoms with Gasteiger partial charge in [0.05, 0.1) is 39.0 Å². The van der Waals surface area contributed by atoms with Crippen LogP contribution >= 0.6 is 0 Å². The number of fused-ring (bicyclic) bond motifs is 14. The monoisotopic (exact) mass is 690 g/mol. The molecule has 9 aromatic rings. The first-order valence-corrected chi connectivity index (χ1v) is 18.6. The Hall–Kier alpha value is -6.88. The highest BCUT2D eigenvalue weighted by atomic mass is 15.0. The van der Waals surface area contributed by atoms with Crippen LogP contribution in [0.15, 0.2) is 133 Å². The van der Waals surface area contributed by atoms with Crippen LogP contribution in [0.2, 0.25) is 0 Å². The predicted octanol–water partition coefficient (Wildman–Crippen LogP) is 12.2. The normalized spacial score (nSPS) is 14.6. The molecule has 0 fully saturated rings. The Morgan fingerprint density at radius 1 is 0.444 bits per heavy atom. The van der Waals surface area contributed by atoms with Gasteiger partial charge in [0.25, 0.3) is 0 Å². The van der Waals surface area contributed by atoms with Gasteiger partial charge in [0.15, 0.2) is 0 Å². The van der Waals surface area contributed by atoms with Crippen molar-refractivity contribution in [1.29, 1.82) is 10.5 Å². The molecule has 0 spiro atoms. The van der Waals surface area contributed by atoms with E-state index in [1.165, 1.54) is 49.9 Å². The first kappa shape index (κ1) is 30.7. The van der Waals surface area contributed by atoms with Crippen molar-refractivity contribution in [3.8, 4) is 45.8 Å². The van der Waals surface area contributed by atoms with Crippen molar-refractivity contribution in [1.82, 2.24) is 9.13 Å². The quantitative estimate of drug-likeness (QED) is 0.181. The number of para-hydroxylation sites is 2. The van der Waals surface area contributed by atoms with Crippen LogP contribution < -0.4 is 0 Å². The summed E-state index contributed by atoms with van der Waals surface area (Å²) < 4.78 is 4.41. The molecule has 2 aromatic heterocycles. The molecule has 7 aromatic carbocycles. The molecule has 0 unspecified atom stereocenters. The molecular weight excluding hydrogens is 657 g/mol. The van der Waals surface area contributed by atoms with Gasteiger partial charge in [0.2, 0.25) is 0 Å². The summed E-state index contributed by atoms with van der Waals surface area (Å²) in [6, 6.07) is 52.3. The first-order chi connectivity index (χ1) is 26.3. The summed E-state index contributed by atoms with van der Waals surface area (Å²) in [5.41, 5.74) is 16.2. The Morgan fingerprint density at radius 2 is 0.926 bits per heavy atom. The van der Waals surface area contributed by atoms with Crippen molar-refractivity contribution in [3.63, 3.8) is 0 Å². The minimum atomic E-state index is -0.161. The van der Waals surface area contributed by atoms with Gasteiger partial charge in [0, 0.05) is 32.4 Å². The molecule has 0 N–H and O–H groups in total. The summed E-state index contributed by atoms with van der Waals surface area (Å²) in [5, 5.41) is 26.7. The molecule has 4 heteroatoms. The summed E-state index contributed by atoms with van der Waals surface area (Å²) in [7, 11) is 0. The fourth-order valence-corrected chi connectivity index (χ4v) is 10.2. The standard InChI is InChI=1S/C50H34N4/c1-49(2)35-17-9-5-13-30(35)44-37(49)22-25-42-46(44)32-15-7-11-19-39(32)53(42)41-24-21-29(27-51)48(34(41)28-52)54-40-20-12-8-16-33(40)47-43(54)26-23-38-45(47)31-14-6-10-18-36(31)50(38,3)4/h5-26H,1-4H3. The van der Waals surface area contributed by atoms with E-state index in [9.17, 15) is 10.5 Å². The van der Waals surface area contributed by atoms with E-state index in [1.54, 1.807) is 0 Å². The number of aromatic nitrogens is 2. The van der Waals surface area contributed by atoms with E-state index >= 15 is 0 Å². The average Bonchev–Trinajstić information content (AvgIpc) is 3.86. The molecule has 54 heavy (non-hydrogen) atoms. The number of hydrogen-bond acceptors (Lipinski definition) is 2. The zero-order chi connectivity index (χ0) is 36.7. The lowest BCUT2D eigenvalue weighted by Gasteiger charge is -2.21. The Labute approximate surface area is 313 Å². The van der Waals surface area contributed by atoms with Crippen LogP contribution in [0.25, 0.3) is 77.2 Å². The van der Waals surface area contributed by atoms with Crippen LogP contribution in [0.5, 0.6) is 0 Å². The molecule has 4 nitrogen and oxygen atoms in total. The van der Waals surface area contributed by atoms with Crippen LogP contribution in [-0.4, -0.2) is 9.13 Å². The molecule has 0 saturated heterocycles. The number of rotatable bonds is 2. The van der Waals surface area contributed by atoms with Crippen LogP contribution in [0.1, 0.15) is 61.1 Å². The third-order valence-corrected chi connectivity index (χ3v) is 12.6. The predicted molar refractivity (Wildman–Crippen MR) is 220 cm³/mol. The van der Waals surface area contributed by atoms with E-state index in [4.69, 9.17) is 0 Å². The van der Waals surface area contributed by atoms with E-state index in [-0.39, 0.29) is 10.8 Å². The van der Waals surface area contributed by atoms with Crippen molar-refractivity contribution < 1.29 is 0 Å². The van der Waals surface area contributed by atoms with Crippen molar-refractivity contribution in [2.45, 2.75) is 38.5 Å². The zero-order valence-corrected chi connectivity index (χ0v) is 30.5. The second-order valence-electron chi connectivity index (χ2n) is 15.9. The molecule has 2 aliphatic rings. The number of nitriles is 2.